The van der Waals surface area contributed by atoms with E-state index in [0.29, 0.717) is 11.5 Å². The summed E-state index contributed by atoms with van der Waals surface area (Å²) in [5, 5.41) is 0.765. The molecule has 0 fully saturated rings. The van der Waals surface area contributed by atoms with Crippen molar-refractivity contribution in [3.63, 3.8) is 0 Å². The molecule has 1 aromatic heterocycles. The minimum absolute atomic E-state index is 0.0278. The lowest BCUT2D eigenvalue weighted by Gasteiger charge is -2.24. The van der Waals surface area contributed by atoms with Crippen LogP contribution in [0.2, 0.25) is 0 Å². The minimum atomic E-state index is 0.0278. The molecule has 0 saturated carbocycles. The highest BCUT2D eigenvalue weighted by Crippen LogP contribution is 2.32. The predicted molar refractivity (Wildman–Crippen MR) is 106 cm³/mol. The Labute approximate surface area is 153 Å². The number of rotatable bonds is 4. The predicted octanol–water partition coefficient (Wildman–Crippen LogP) is 4.65. The Kier molecular flexibility index (Phi) is 5.28. The van der Waals surface area contributed by atoms with Crippen molar-refractivity contribution in [1.29, 1.82) is 0 Å². The summed E-state index contributed by atoms with van der Waals surface area (Å²) in [6, 6.07) is 5.77. The normalized spacial score (nSPS) is 18.0. The lowest BCUT2D eigenvalue weighted by atomic mass is 9.86. The van der Waals surface area contributed by atoms with Crippen LogP contribution in [0.15, 0.2) is 23.0 Å². The molecule has 25 heavy (non-hydrogen) atoms. The van der Waals surface area contributed by atoms with Crippen LogP contribution in [0.3, 0.4) is 0 Å². The summed E-state index contributed by atoms with van der Waals surface area (Å²) in [7, 11) is 1.85. The van der Waals surface area contributed by atoms with Crippen molar-refractivity contribution in [2.75, 3.05) is 7.05 Å². The van der Waals surface area contributed by atoms with E-state index in [2.05, 4.69) is 20.8 Å². The summed E-state index contributed by atoms with van der Waals surface area (Å²) in [6.45, 7) is 6.36. The zero-order valence-electron chi connectivity index (χ0n) is 15.6. The molecule has 3 nitrogen and oxygen atoms in total. The fraction of sp³-hybridized carbons (Fsp3) is 0.524. The Hall–Kier alpha value is -1.68. The number of hydrogen-bond acceptors (Lipinski definition) is 3. The average molecular weight is 358 g/mol. The van der Waals surface area contributed by atoms with Gasteiger partial charge in [-0.1, -0.05) is 20.3 Å². The van der Waals surface area contributed by atoms with Gasteiger partial charge in [0, 0.05) is 39.2 Å². The van der Waals surface area contributed by atoms with Gasteiger partial charge in [-0.3, -0.25) is 9.59 Å². The van der Waals surface area contributed by atoms with Crippen molar-refractivity contribution in [1.82, 2.24) is 4.90 Å². The highest BCUT2D eigenvalue weighted by atomic mass is 32.1. The third-order valence-corrected chi connectivity index (χ3v) is 6.96. The number of carbonyl (C=O) groups excluding carboxylic acids is 1. The third-order valence-electron chi connectivity index (χ3n) is 5.74. The Morgan fingerprint density at radius 3 is 2.80 bits per heavy atom. The molecular weight excluding hydrogens is 330 g/mol. The highest BCUT2D eigenvalue weighted by molar-refractivity contribution is 7.18. The molecule has 134 valence electrons. The first-order valence-corrected chi connectivity index (χ1v) is 10.1. The largest absolute Gasteiger partial charge is 0.339 e. The molecule has 2 unspecified atom stereocenters. The van der Waals surface area contributed by atoms with Gasteiger partial charge in [-0.25, -0.2) is 0 Å². The van der Waals surface area contributed by atoms with Gasteiger partial charge in [0.15, 0.2) is 5.43 Å². The summed E-state index contributed by atoms with van der Waals surface area (Å²) in [5.74, 6) is 0.710. The fourth-order valence-corrected chi connectivity index (χ4v) is 4.93. The van der Waals surface area contributed by atoms with Gasteiger partial charge in [0.25, 0.3) is 5.91 Å². The summed E-state index contributed by atoms with van der Waals surface area (Å²) >= 11 is 1.71. The van der Waals surface area contributed by atoms with Crippen LogP contribution >= 0.6 is 11.3 Å². The second kappa shape index (κ2) is 7.28. The quantitative estimate of drug-likeness (QED) is 0.799. The van der Waals surface area contributed by atoms with Gasteiger partial charge in [-0.05, 0) is 56.7 Å². The van der Waals surface area contributed by atoms with Gasteiger partial charge in [0.1, 0.15) is 0 Å². The van der Waals surface area contributed by atoms with Crippen molar-refractivity contribution in [2.45, 2.75) is 58.9 Å². The van der Waals surface area contributed by atoms with Crippen molar-refractivity contribution < 1.29 is 4.79 Å². The number of amides is 1. The van der Waals surface area contributed by atoms with E-state index in [1.807, 2.05) is 25.2 Å². The summed E-state index contributed by atoms with van der Waals surface area (Å²) in [6.07, 6.45) is 5.11. The molecule has 2 atom stereocenters. The smallest absolute Gasteiger partial charge is 0.253 e. The van der Waals surface area contributed by atoms with E-state index in [-0.39, 0.29) is 17.4 Å². The molecule has 0 saturated heterocycles. The van der Waals surface area contributed by atoms with E-state index in [0.717, 1.165) is 47.8 Å². The van der Waals surface area contributed by atoms with E-state index in [1.54, 1.807) is 16.2 Å². The van der Waals surface area contributed by atoms with Gasteiger partial charge in [0.05, 0.1) is 0 Å². The highest BCUT2D eigenvalue weighted by Gasteiger charge is 2.23. The zero-order valence-corrected chi connectivity index (χ0v) is 16.4. The van der Waals surface area contributed by atoms with Crippen LogP contribution < -0.4 is 5.43 Å². The van der Waals surface area contributed by atoms with Gasteiger partial charge >= 0.3 is 0 Å². The molecule has 1 amide bonds. The Morgan fingerprint density at radius 2 is 2.12 bits per heavy atom. The number of carbonyl (C=O) groups is 1. The second-order valence-corrected chi connectivity index (χ2v) is 8.37. The van der Waals surface area contributed by atoms with Crippen molar-refractivity contribution in [3.8, 4) is 0 Å². The maximum Gasteiger partial charge on any atom is 0.253 e. The minimum Gasteiger partial charge on any atom is -0.339 e. The van der Waals surface area contributed by atoms with Crippen LogP contribution in [0.5, 0.6) is 0 Å². The van der Waals surface area contributed by atoms with E-state index >= 15 is 0 Å². The Balaban J connectivity index is 2.03. The number of fused-ring (bicyclic) bond motifs is 2. The molecular formula is C21H27NO2S. The molecule has 0 bridgehead atoms. The Morgan fingerprint density at radius 1 is 1.36 bits per heavy atom. The molecule has 1 aliphatic rings. The maximum absolute atomic E-state index is 12.8. The lowest BCUT2D eigenvalue weighted by Crippen LogP contribution is -2.34. The third kappa shape index (κ3) is 3.37. The molecule has 0 radical (unpaired) electrons. The molecule has 0 N–H and O–H groups in total. The molecule has 3 rings (SSSR count). The summed E-state index contributed by atoms with van der Waals surface area (Å²) in [4.78, 5) is 28.6. The number of benzene rings is 1. The van der Waals surface area contributed by atoms with E-state index < -0.39 is 0 Å². The van der Waals surface area contributed by atoms with Gasteiger partial charge in [-0.2, -0.15) is 0 Å². The number of hydrogen-bond donors (Lipinski definition) is 0. The van der Waals surface area contributed by atoms with Crippen LogP contribution in [-0.2, 0) is 12.8 Å². The van der Waals surface area contributed by atoms with E-state index in [1.165, 1.54) is 4.88 Å². The molecule has 1 aliphatic carbocycles. The van der Waals surface area contributed by atoms with Crippen LogP contribution in [0.25, 0.3) is 10.1 Å². The maximum atomic E-state index is 12.8. The molecule has 1 heterocycles. The summed E-state index contributed by atoms with van der Waals surface area (Å²) < 4.78 is 0.948. The first kappa shape index (κ1) is 18.1. The monoisotopic (exact) mass is 357 g/mol. The SMILES string of the molecule is CCC1CCc2c(sc3cc(C(=O)N(C)C(C)CC)ccc3c2=O)C1. The average Bonchev–Trinajstić information content (AvgIpc) is 2.65. The van der Waals surface area contributed by atoms with Crippen LogP contribution in [0.4, 0.5) is 0 Å². The first-order chi connectivity index (χ1) is 12.0. The van der Waals surface area contributed by atoms with Crippen LogP contribution in [-0.4, -0.2) is 23.9 Å². The van der Waals surface area contributed by atoms with Gasteiger partial charge in [-0.15, -0.1) is 11.3 Å². The summed E-state index contributed by atoms with van der Waals surface area (Å²) in [5.41, 5.74) is 1.86. The molecule has 0 spiro atoms. The first-order valence-electron chi connectivity index (χ1n) is 9.32. The molecule has 1 aromatic carbocycles. The standard InChI is InChI=1S/C21H27NO2S/c1-5-13(3)22(4)21(24)15-8-10-17-19(12-15)25-18-11-14(6-2)7-9-16(18)20(17)23/h8,10,12-14H,5-7,9,11H2,1-4H3. The zero-order chi connectivity index (χ0) is 18.1. The van der Waals surface area contributed by atoms with E-state index in [9.17, 15) is 9.59 Å². The topological polar surface area (TPSA) is 37.4 Å². The molecule has 4 heteroatoms. The van der Waals surface area contributed by atoms with E-state index in [4.69, 9.17) is 0 Å². The lowest BCUT2D eigenvalue weighted by molar-refractivity contribution is 0.0741. The Bertz CT molecular complexity index is 855. The van der Waals surface area contributed by atoms with Crippen molar-refractivity contribution in [2.24, 2.45) is 5.92 Å². The van der Waals surface area contributed by atoms with Crippen LogP contribution in [0.1, 0.15) is 60.8 Å². The van der Waals surface area contributed by atoms with Crippen LogP contribution in [0, 0.1) is 5.92 Å². The molecule has 0 aliphatic heterocycles. The van der Waals surface area contributed by atoms with Gasteiger partial charge in [0.2, 0.25) is 0 Å². The fourth-order valence-electron chi connectivity index (χ4n) is 3.57. The molecule has 2 aromatic rings. The second-order valence-electron chi connectivity index (χ2n) is 7.23. The number of nitrogens with zero attached hydrogens (tertiary/aromatic N) is 1. The van der Waals surface area contributed by atoms with Crippen molar-refractivity contribution in [3.05, 3.63) is 44.4 Å². The van der Waals surface area contributed by atoms with Gasteiger partial charge < -0.3 is 4.90 Å². The van der Waals surface area contributed by atoms with Crippen molar-refractivity contribution >= 4 is 27.3 Å².